The number of halogens is 1. The van der Waals surface area contributed by atoms with Crippen molar-refractivity contribution in [2.24, 2.45) is 0 Å². The summed E-state index contributed by atoms with van der Waals surface area (Å²) < 4.78 is 24.8. The molecule has 0 saturated heterocycles. The molecule has 0 amide bonds. The van der Waals surface area contributed by atoms with Gasteiger partial charge in [0.15, 0.2) is 5.69 Å². The van der Waals surface area contributed by atoms with Crippen molar-refractivity contribution < 1.29 is 18.3 Å². The fourth-order valence-electron chi connectivity index (χ4n) is 2.81. The number of carbonyl (C=O) groups is 1. The molecule has 0 saturated carbocycles. The van der Waals surface area contributed by atoms with Gasteiger partial charge in [-0.2, -0.15) is 0 Å². The summed E-state index contributed by atoms with van der Waals surface area (Å²) in [6.07, 6.45) is 1.57. The number of pyridine rings is 1. The van der Waals surface area contributed by atoms with Gasteiger partial charge in [0.25, 0.3) is 0 Å². The number of fused-ring (bicyclic) bond motifs is 1. The molecule has 0 N–H and O–H groups in total. The van der Waals surface area contributed by atoms with Crippen LogP contribution in [0.25, 0.3) is 22.4 Å². The topological polar surface area (TPSA) is 65.2 Å². The molecular weight excluding hydrogens is 347 g/mol. The van der Waals surface area contributed by atoms with E-state index < -0.39 is 5.97 Å². The summed E-state index contributed by atoms with van der Waals surface area (Å²) in [4.78, 5) is 20.9. The van der Waals surface area contributed by atoms with Crippen molar-refractivity contribution in [2.45, 2.75) is 13.5 Å². The second kappa shape index (κ2) is 6.99. The molecule has 2 aromatic carbocycles. The lowest BCUT2D eigenvalue weighted by Gasteiger charge is -2.07. The molecule has 27 heavy (non-hydrogen) atoms. The number of hydrogen-bond donors (Lipinski definition) is 0. The van der Waals surface area contributed by atoms with Crippen molar-refractivity contribution in [3.63, 3.8) is 0 Å². The first kappa shape index (κ1) is 16.9. The quantitative estimate of drug-likeness (QED) is 0.493. The zero-order chi connectivity index (χ0) is 18.8. The van der Waals surface area contributed by atoms with Crippen molar-refractivity contribution in [3.8, 4) is 11.5 Å². The van der Waals surface area contributed by atoms with Crippen LogP contribution < -0.4 is 0 Å². The van der Waals surface area contributed by atoms with Gasteiger partial charge in [0.05, 0.1) is 5.52 Å². The number of hydrogen-bond acceptors (Lipinski definition) is 5. The van der Waals surface area contributed by atoms with Gasteiger partial charge in [0.1, 0.15) is 18.2 Å². The minimum atomic E-state index is -0.605. The minimum absolute atomic E-state index is 0.0421. The standard InChI is InChI=1S/C21H15FN2O3/c1-13-18(24-20(27-13)14-6-3-2-4-7-14)21(25)26-12-15-9-10-17(22)16-8-5-11-23-19(15)16/h2-11H,12H2,1H3. The van der Waals surface area contributed by atoms with Crippen LogP contribution in [0.3, 0.4) is 0 Å². The van der Waals surface area contributed by atoms with Crippen LogP contribution >= 0.6 is 0 Å². The molecule has 0 aliphatic carbocycles. The highest BCUT2D eigenvalue weighted by Crippen LogP contribution is 2.23. The number of rotatable bonds is 4. The van der Waals surface area contributed by atoms with E-state index in [0.717, 1.165) is 5.56 Å². The molecule has 134 valence electrons. The van der Waals surface area contributed by atoms with Crippen molar-refractivity contribution in [1.29, 1.82) is 0 Å². The van der Waals surface area contributed by atoms with Gasteiger partial charge in [-0.1, -0.05) is 24.3 Å². The summed E-state index contributed by atoms with van der Waals surface area (Å²) in [7, 11) is 0. The molecule has 5 nitrogen and oxygen atoms in total. The fraction of sp³-hybridized carbons (Fsp3) is 0.0952. The summed E-state index contributed by atoms with van der Waals surface area (Å²) in [6, 6.07) is 15.5. The molecule has 0 bridgehead atoms. The van der Waals surface area contributed by atoms with E-state index in [1.165, 1.54) is 6.07 Å². The van der Waals surface area contributed by atoms with Gasteiger partial charge in [-0.05, 0) is 37.3 Å². The van der Waals surface area contributed by atoms with Crippen LogP contribution in [0.2, 0.25) is 0 Å². The first-order chi connectivity index (χ1) is 13.1. The Balaban J connectivity index is 1.56. The van der Waals surface area contributed by atoms with Crippen molar-refractivity contribution in [1.82, 2.24) is 9.97 Å². The van der Waals surface area contributed by atoms with Gasteiger partial charge in [-0.3, -0.25) is 4.98 Å². The summed E-state index contributed by atoms with van der Waals surface area (Å²) in [6.45, 7) is 1.62. The van der Waals surface area contributed by atoms with Crippen LogP contribution in [0.15, 0.2) is 65.2 Å². The van der Waals surface area contributed by atoms with Crippen LogP contribution in [0.5, 0.6) is 0 Å². The Hall–Kier alpha value is -3.54. The Morgan fingerprint density at radius 3 is 2.74 bits per heavy atom. The van der Waals surface area contributed by atoms with E-state index in [2.05, 4.69) is 9.97 Å². The van der Waals surface area contributed by atoms with E-state index in [0.29, 0.717) is 28.1 Å². The van der Waals surface area contributed by atoms with Gasteiger partial charge in [-0.25, -0.2) is 14.2 Å². The summed E-state index contributed by atoms with van der Waals surface area (Å²) in [5.74, 6) is -0.241. The van der Waals surface area contributed by atoms with Gasteiger partial charge in [-0.15, -0.1) is 0 Å². The van der Waals surface area contributed by atoms with E-state index in [9.17, 15) is 9.18 Å². The van der Waals surface area contributed by atoms with Crippen LogP contribution in [0.1, 0.15) is 21.8 Å². The van der Waals surface area contributed by atoms with Crippen LogP contribution in [0, 0.1) is 12.7 Å². The third kappa shape index (κ3) is 3.29. The second-order valence-electron chi connectivity index (χ2n) is 5.97. The predicted molar refractivity (Wildman–Crippen MR) is 97.5 cm³/mol. The first-order valence-electron chi connectivity index (χ1n) is 8.35. The molecular formula is C21H15FN2O3. The van der Waals surface area contributed by atoms with Crippen molar-refractivity contribution >= 4 is 16.9 Å². The minimum Gasteiger partial charge on any atom is -0.456 e. The highest BCUT2D eigenvalue weighted by molar-refractivity contribution is 5.89. The molecule has 6 heteroatoms. The number of ether oxygens (including phenoxy) is 1. The number of benzene rings is 2. The Morgan fingerprint density at radius 2 is 1.93 bits per heavy atom. The summed E-state index contributed by atoms with van der Waals surface area (Å²) in [5, 5.41) is 0.384. The van der Waals surface area contributed by atoms with E-state index in [4.69, 9.17) is 9.15 Å². The van der Waals surface area contributed by atoms with Gasteiger partial charge < -0.3 is 9.15 Å². The van der Waals surface area contributed by atoms with E-state index in [-0.39, 0.29) is 18.1 Å². The molecule has 4 aromatic rings. The molecule has 0 spiro atoms. The number of aryl methyl sites for hydroxylation is 1. The molecule has 0 aliphatic heterocycles. The predicted octanol–water partition coefficient (Wildman–Crippen LogP) is 4.69. The Kier molecular flexibility index (Phi) is 4.38. The maximum atomic E-state index is 13.9. The van der Waals surface area contributed by atoms with Gasteiger partial charge >= 0.3 is 5.97 Å². The summed E-state index contributed by atoms with van der Waals surface area (Å²) in [5.41, 5.74) is 1.97. The largest absolute Gasteiger partial charge is 0.456 e. The smallest absolute Gasteiger partial charge is 0.360 e. The van der Waals surface area contributed by atoms with E-state index in [1.54, 1.807) is 31.3 Å². The number of nitrogens with zero attached hydrogens (tertiary/aromatic N) is 2. The summed E-state index contributed by atoms with van der Waals surface area (Å²) >= 11 is 0. The first-order valence-corrected chi connectivity index (χ1v) is 8.35. The molecule has 2 heterocycles. The van der Waals surface area contributed by atoms with Gasteiger partial charge in [0.2, 0.25) is 5.89 Å². The van der Waals surface area contributed by atoms with Crippen LogP contribution in [0.4, 0.5) is 4.39 Å². The average Bonchev–Trinajstić information content (AvgIpc) is 3.10. The lowest BCUT2D eigenvalue weighted by Crippen LogP contribution is -2.08. The maximum Gasteiger partial charge on any atom is 0.360 e. The third-order valence-electron chi connectivity index (χ3n) is 4.17. The molecule has 0 aliphatic rings. The van der Waals surface area contributed by atoms with E-state index in [1.807, 2.05) is 30.3 Å². The Bertz CT molecular complexity index is 1120. The fourth-order valence-corrected chi connectivity index (χ4v) is 2.81. The molecule has 0 fully saturated rings. The maximum absolute atomic E-state index is 13.9. The zero-order valence-electron chi connectivity index (χ0n) is 14.5. The monoisotopic (exact) mass is 362 g/mol. The normalized spacial score (nSPS) is 10.9. The van der Waals surface area contributed by atoms with E-state index >= 15 is 0 Å². The third-order valence-corrected chi connectivity index (χ3v) is 4.17. The molecule has 0 unspecified atom stereocenters. The lowest BCUT2D eigenvalue weighted by molar-refractivity contribution is 0.0466. The lowest BCUT2D eigenvalue weighted by atomic mass is 10.1. The van der Waals surface area contributed by atoms with Crippen LogP contribution in [-0.4, -0.2) is 15.9 Å². The molecule has 0 atom stereocenters. The number of carbonyl (C=O) groups excluding carboxylic acids is 1. The van der Waals surface area contributed by atoms with Crippen LogP contribution in [-0.2, 0) is 11.3 Å². The molecule has 4 rings (SSSR count). The number of esters is 1. The second-order valence-corrected chi connectivity index (χ2v) is 5.97. The SMILES string of the molecule is Cc1oc(-c2ccccc2)nc1C(=O)OCc1ccc(F)c2cccnc12. The average molecular weight is 362 g/mol. The highest BCUT2D eigenvalue weighted by Gasteiger charge is 2.20. The van der Waals surface area contributed by atoms with Crippen molar-refractivity contribution in [3.05, 3.63) is 83.6 Å². The van der Waals surface area contributed by atoms with Gasteiger partial charge in [0, 0.05) is 22.7 Å². The highest BCUT2D eigenvalue weighted by atomic mass is 19.1. The number of aromatic nitrogens is 2. The molecule has 0 radical (unpaired) electrons. The Labute approximate surface area is 154 Å². The zero-order valence-corrected chi connectivity index (χ0v) is 14.5. The number of oxazole rings is 1. The Morgan fingerprint density at radius 1 is 1.11 bits per heavy atom. The van der Waals surface area contributed by atoms with Crippen molar-refractivity contribution in [2.75, 3.05) is 0 Å². The molecule has 2 aromatic heterocycles.